The van der Waals surface area contributed by atoms with E-state index in [0.717, 1.165) is 31.0 Å². The average molecular weight is 155 g/mol. The predicted octanol–water partition coefficient (Wildman–Crippen LogP) is 0.862. The first-order valence-electron chi connectivity index (χ1n) is 4.55. The van der Waals surface area contributed by atoms with Gasteiger partial charge in [0.2, 0.25) is 0 Å². The summed E-state index contributed by atoms with van der Waals surface area (Å²) in [7, 11) is 0. The van der Waals surface area contributed by atoms with Crippen LogP contribution in [0.2, 0.25) is 0 Å². The number of nitrogens with two attached hydrogens (primary N) is 1. The number of hydrogen-bond donors (Lipinski definition) is 1. The zero-order chi connectivity index (χ0) is 8.01. The Hall–Kier alpha value is -0.0800. The van der Waals surface area contributed by atoms with Crippen molar-refractivity contribution in [1.29, 1.82) is 0 Å². The van der Waals surface area contributed by atoms with Crippen LogP contribution in [0.4, 0.5) is 0 Å². The Balaban J connectivity index is 1.90. The Morgan fingerprint density at radius 2 is 1.82 bits per heavy atom. The fourth-order valence-corrected chi connectivity index (χ4v) is 2.30. The van der Waals surface area contributed by atoms with Crippen molar-refractivity contribution in [2.75, 3.05) is 13.2 Å². The van der Waals surface area contributed by atoms with Crippen molar-refractivity contribution in [1.82, 2.24) is 0 Å². The lowest BCUT2D eigenvalue weighted by Gasteiger charge is -2.17. The first-order chi connectivity index (χ1) is 5.22. The van der Waals surface area contributed by atoms with Crippen LogP contribution in [-0.2, 0) is 4.74 Å². The quantitative estimate of drug-likeness (QED) is 0.642. The van der Waals surface area contributed by atoms with Crippen molar-refractivity contribution in [3.05, 3.63) is 0 Å². The van der Waals surface area contributed by atoms with Gasteiger partial charge in [-0.15, -0.1) is 0 Å². The van der Waals surface area contributed by atoms with Gasteiger partial charge in [0.05, 0.1) is 13.2 Å². The highest BCUT2D eigenvalue weighted by molar-refractivity contribution is 5.05. The van der Waals surface area contributed by atoms with Gasteiger partial charge in [0.1, 0.15) is 0 Å². The minimum Gasteiger partial charge on any atom is -0.381 e. The molecule has 0 amide bonds. The van der Waals surface area contributed by atoms with Crippen LogP contribution < -0.4 is 5.73 Å². The van der Waals surface area contributed by atoms with E-state index in [1.165, 1.54) is 0 Å². The molecular weight excluding hydrogens is 138 g/mol. The van der Waals surface area contributed by atoms with Crippen LogP contribution >= 0.6 is 0 Å². The van der Waals surface area contributed by atoms with E-state index < -0.39 is 0 Å². The average Bonchev–Trinajstić information content (AvgIpc) is 2.41. The molecule has 1 aliphatic heterocycles. The molecule has 1 heterocycles. The van der Waals surface area contributed by atoms with Gasteiger partial charge in [-0.25, -0.2) is 0 Å². The Bertz CT molecular complexity index is 148. The van der Waals surface area contributed by atoms with E-state index in [4.69, 9.17) is 10.5 Å². The summed E-state index contributed by atoms with van der Waals surface area (Å²) in [6.07, 6.45) is 0. The van der Waals surface area contributed by atoms with Crippen molar-refractivity contribution in [3.8, 4) is 0 Å². The van der Waals surface area contributed by atoms with Crippen molar-refractivity contribution < 1.29 is 4.74 Å². The van der Waals surface area contributed by atoms with Gasteiger partial charge >= 0.3 is 0 Å². The largest absolute Gasteiger partial charge is 0.381 e. The molecule has 2 aliphatic rings. The van der Waals surface area contributed by atoms with E-state index in [0.29, 0.717) is 12.0 Å². The van der Waals surface area contributed by atoms with Gasteiger partial charge < -0.3 is 10.5 Å². The molecule has 1 saturated heterocycles. The highest BCUT2D eigenvalue weighted by Gasteiger charge is 2.56. The first-order valence-corrected chi connectivity index (χ1v) is 4.55. The third-order valence-corrected chi connectivity index (χ3v) is 3.23. The first kappa shape index (κ1) is 7.56. The Kier molecular flexibility index (Phi) is 1.69. The Morgan fingerprint density at radius 3 is 2.27 bits per heavy atom. The van der Waals surface area contributed by atoms with E-state index >= 15 is 0 Å². The molecule has 2 N–H and O–H groups in total. The fraction of sp³-hybridized carbons (Fsp3) is 1.00. The van der Waals surface area contributed by atoms with Gasteiger partial charge in [0.15, 0.2) is 0 Å². The van der Waals surface area contributed by atoms with E-state index in [2.05, 4.69) is 13.8 Å². The highest BCUT2D eigenvalue weighted by atomic mass is 16.5. The third-order valence-electron chi connectivity index (χ3n) is 3.23. The molecular formula is C9H17NO. The van der Waals surface area contributed by atoms with Gasteiger partial charge in [-0.1, -0.05) is 13.8 Å². The molecule has 64 valence electrons. The SMILES string of the molecule is CC(C)C(N)C1C2COCC21. The number of rotatable bonds is 2. The van der Waals surface area contributed by atoms with Crippen LogP contribution in [0.25, 0.3) is 0 Å². The number of hydrogen-bond acceptors (Lipinski definition) is 2. The van der Waals surface area contributed by atoms with E-state index in [1.807, 2.05) is 0 Å². The van der Waals surface area contributed by atoms with E-state index in [-0.39, 0.29) is 0 Å². The molecule has 3 atom stereocenters. The lowest BCUT2D eigenvalue weighted by molar-refractivity contribution is 0.142. The standard InChI is InChI=1S/C9H17NO/c1-5(2)9(10)8-6-3-11-4-7(6)8/h5-9H,3-4,10H2,1-2H3. The number of fused-ring (bicyclic) bond motifs is 1. The summed E-state index contributed by atoms with van der Waals surface area (Å²) in [6, 6.07) is 0.411. The van der Waals surface area contributed by atoms with Crippen LogP contribution in [0.3, 0.4) is 0 Å². The lowest BCUT2D eigenvalue weighted by Crippen LogP contribution is -2.31. The van der Waals surface area contributed by atoms with E-state index in [9.17, 15) is 0 Å². The summed E-state index contributed by atoms with van der Waals surface area (Å²) in [5.74, 6) is 3.04. The fourth-order valence-electron chi connectivity index (χ4n) is 2.30. The van der Waals surface area contributed by atoms with Crippen LogP contribution in [0.5, 0.6) is 0 Å². The lowest BCUT2D eigenvalue weighted by atomic mass is 9.98. The number of ether oxygens (including phenoxy) is 1. The van der Waals surface area contributed by atoms with Gasteiger partial charge in [-0.3, -0.25) is 0 Å². The van der Waals surface area contributed by atoms with Crippen molar-refractivity contribution in [2.24, 2.45) is 29.4 Å². The highest BCUT2D eigenvalue weighted by Crippen LogP contribution is 2.53. The molecule has 0 radical (unpaired) electrons. The van der Waals surface area contributed by atoms with Crippen molar-refractivity contribution in [2.45, 2.75) is 19.9 Å². The molecule has 0 bridgehead atoms. The second kappa shape index (κ2) is 2.46. The van der Waals surface area contributed by atoms with E-state index in [1.54, 1.807) is 0 Å². The smallest absolute Gasteiger partial charge is 0.0501 e. The molecule has 0 aromatic carbocycles. The molecule has 2 nitrogen and oxygen atoms in total. The van der Waals surface area contributed by atoms with Crippen molar-refractivity contribution >= 4 is 0 Å². The molecule has 3 unspecified atom stereocenters. The van der Waals surface area contributed by atoms with Crippen molar-refractivity contribution in [3.63, 3.8) is 0 Å². The summed E-state index contributed by atoms with van der Waals surface area (Å²) in [5, 5.41) is 0. The van der Waals surface area contributed by atoms with Gasteiger partial charge in [0.25, 0.3) is 0 Å². The van der Waals surface area contributed by atoms with Gasteiger partial charge in [-0.2, -0.15) is 0 Å². The van der Waals surface area contributed by atoms with Crippen LogP contribution in [0.1, 0.15) is 13.8 Å². The summed E-state index contributed by atoms with van der Waals surface area (Å²) in [4.78, 5) is 0. The summed E-state index contributed by atoms with van der Waals surface area (Å²) < 4.78 is 5.31. The molecule has 0 aromatic heterocycles. The molecule has 2 heteroatoms. The minimum absolute atomic E-state index is 0.411. The molecule has 11 heavy (non-hydrogen) atoms. The second-order valence-electron chi connectivity index (χ2n) is 4.26. The monoisotopic (exact) mass is 155 g/mol. The zero-order valence-corrected chi connectivity index (χ0v) is 7.29. The van der Waals surface area contributed by atoms with Crippen LogP contribution in [0.15, 0.2) is 0 Å². The molecule has 2 fully saturated rings. The zero-order valence-electron chi connectivity index (χ0n) is 7.29. The van der Waals surface area contributed by atoms with Crippen LogP contribution in [-0.4, -0.2) is 19.3 Å². The van der Waals surface area contributed by atoms with Gasteiger partial charge in [-0.05, 0) is 23.7 Å². The predicted molar refractivity (Wildman–Crippen MR) is 44.1 cm³/mol. The minimum atomic E-state index is 0.411. The summed E-state index contributed by atoms with van der Waals surface area (Å²) >= 11 is 0. The summed E-state index contributed by atoms with van der Waals surface area (Å²) in [5.41, 5.74) is 6.06. The van der Waals surface area contributed by atoms with Crippen LogP contribution in [0, 0.1) is 23.7 Å². The Labute approximate surface area is 68.1 Å². The maximum atomic E-state index is 6.06. The third kappa shape index (κ3) is 1.09. The molecule has 1 aliphatic carbocycles. The normalized spacial score (nSPS) is 44.2. The Morgan fingerprint density at radius 1 is 1.27 bits per heavy atom. The molecule has 0 spiro atoms. The van der Waals surface area contributed by atoms with Gasteiger partial charge in [0, 0.05) is 6.04 Å². The summed E-state index contributed by atoms with van der Waals surface area (Å²) in [6.45, 7) is 6.35. The maximum absolute atomic E-state index is 6.06. The molecule has 1 saturated carbocycles. The topological polar surface area (TPSA) is 35.2 Å². The molecule has 0 aromatic rings. The second-order valence-corrected chi connectivity index (χ2v) is 4.26. The maximum Gasteiger partial charge on any atom is 0.0501 e. The molecule has 2 rings (SSSR count).